The zero-order valence-electron chi connectivity index (χ0n) is 6.90. The lowest BCUT2D eigenvalue weighted by Gasteiger charge is -2.00. The van der Waals surface area contributed by atoms with Crippen LogP contribution in [-0.2, 0) is 5.75 Å². The molecule has 0 saturated heterocycles. The minimum atomic E-state index is 0.671. The molecule has 1 rings (SSSR count). The Labute approximate surface area is 74.2 Å². The first-order chi connectivity index (χ1) is 5.86. The number of thioether (sulfide) groups is 1. The van der Waals surface area contributed by atoms with Crippen LogP contribution in [0.2, 0.25) is 0 Å². The van der Waals surface area contributed by atoms with Gasteiger partial charge < -0.3 is 5.32 Å². The van der Waals surface area contributed by atoms with Gasteiger partial charge in [-0.15, -0.1) is 10.2 Å². The predicted octanol–water partition coefficient (Wildman–Crippen LogP) is -0.362. The average Bonchev–Trinajstić information content (AvgIpc) is 2.59. The first kappa shape index (κ1) is 8.98. The van der Waals surface area contributed by atoms with Crippen LogP contribution >= 0.6 is 11.8 Å². The summed E-state index contributed by atoms with van der Waals surface area (Å²) in [5.74, 6) is 1.35. The first-order valence-electron chi connectivity index (χ1n) is 3.36. The van der Waals surface area contributed by atoms with Crippen LogP contribution in [0.3, 0.4) is 0 Å². The maximum Gasteiger partial charge on any atom is 0.184 e. The second-order valence-corrected chi connectivity index (χ2v) is 2.86. The second-order valence-electron chi connectivity index (χ2n) is 1.90. The number of tetrazole rings is 1. The molecule has 7 heteroatoms. The number of nitrogens with zero attached hydrogens (tertiary/aromatic N) is 4. The third-order valence-electron chi connectivity index (χ3n) is 1.14. The summed E-state index contributed by atoms with van der Waals surface area (Å²) in [4.78, 5) is 3.99. The van der Waals surface area contributed by atoms with Crippen molar-refractivity contribution in [1.29, 1.82) is 0 Å². The summed E-state index contributed by atoms with van der Waals surface area (Å²) in [7, 11) is 3.56. The fraction of sp³-hybridized carbons (Fsp3) is 0.600. The van der Waals surface area contributed by atoms with E-state index in [1.165, 1.54) is 11.8 Å². The molecule has 66 valence electrons. The van der Waals surface area contributed by atoms with Crippen molar-refractivity contribution in [2.45, 2.75) is 5.75 Å². The summed E-state index contributed by atoms with van der Waals surface area (Å²) in [6.07, 6.45) is 0. The van der Waals surface area contributed by atoms with Crippen LogP contribution in [0.15, 0.2) is 4.99 Å². The molecule has 0 aliphatic rings. The Morgan fingerprint density at radius 3 is 3.08 bits per heavy atom. The van der Waals surface area contributed by atoms with Crippen molar-refractivity contribution in [3.8, 4) is 0 Å². The van der Waals surface area contributed by atoms with Gasteiger partial charge in [0.1, 0.15) is 0 Å². The zero-order valence-corrected chi connectivity index (χ0v) is 7.72. The van der Waals surface area contributed by atoms with Gasteiger partial charge in [0.2, 0.25) is 0 Å². The van der Waals surface area contributed by atoms with E-state index in [4.69, 9.17) is 0 Å². The summed E-state index contributed by atoms with van der Waals surface area (Å²) in [6, 6.07) is 0. The molecule has 0 aliphatic carbocycles. The fourth-order valence-electron chi connectivity index (χ4n) is 0.625. The summed E-state index contributed by atoms with van der Waals surface area (Å²) in [5, 5.41) is 17.2. The largest absolute Gasteiger partial charge is 0.368 e. The third kappa shape index (κ3) is 2.50. The predicted molar refractivity (Wildman–Crippen MR) is 47.9 cm³/mol. The Morgan fingerprint density at radius 2 is 2.58 bits per heavy atom. The van der Waals surface area contributed by atoms with E-state index < -0.39 is 0 Å². The monoisotopic (exact) mass is 186 g/mol. The van der Waals surface area contributed by atoms with E-state index in [1.807, 2.05) is 7.05 Å². The SMILES string of the molecule is CN=C(NC)SCc1nn[nH]n1. The van der Waals surface area contributed by atoms with Gasteiger partial charge in [-0.25, -0.2) is 0 Å². The van der Waals surface area contributed by atoms with Crippen molar-refractivity contribution in [3.63, 3.8) is 0 Å². The summed E-state index contributed by atoms with van der Waals surface area (Å²) < 4.78 is 0. The van der Waals surface area contributed by atoms with Crippen molar-refractivity contribution in [3.05, 3.63) is 5.82 Å². The van der Waals surface area contributed by atoms with Crippen LogP contribution < -0.4 is 5.32 Å². The van der Waals surface area contributed by atoms with Gasteiger partial charge in [-0.1, -0.05) is 17.0 Å². The Bertz CT molecular complexity index is 242. The Hall–Kier alpha value is -1.11. The normalized spacial score (nSPS) is 11.7. The minimum absolute atomic E-state index is 0.671. The van der Waals surface area contributed by atoms with Crippen LogP contribution in [0.4, 0.5) is 0 Å². The second kappa shape index (κ2) is 4.70. The van der Waals surface area contributed by atoms with Crippen LogP contribution in [-0.4, -0.2) is 39.9 Å². The molecule has 0 atom stereocenters. The van der Waals surface area contributed by atoms with Crippen LogP contribution in [0.5, 0.6) is 0 Å². The van der Waals surface area contributed by atoms with Gasteiger partial charge in [0.25, 0.3) is 0 Å². The molecule has 0 unspecified atom stereocenters. The first-order valence-corrected chi connectivity index (χ1v) is 4.35. The van der Waals surface area contributed by atoms with Crippen molar-refractivity contribution < 1.29 is 0 Å². The van der Waals surface area contributed by atoms with E-state index in [0.717, 1.165) is 5.17 Å². The fourth-order valence-corrected chi connectivity index (χ4v) is 1.29. The molecule has 0 fully saturated rings. The number of hydrogen-bond acceptors (Lipinski definition) is 5. The molecule has 0 radical (unpaired) electrons. The third-order valence-corrected chi connectivity index (χ3v) is 2.21. The van der Waals surface area contributed by atoms with E-state index in [-0.39, 0.29) is 0 Å². The van der Waals surface area contributed by atoms with Crippen molar-refractivity contribution >= 4 is 16.9 Å². The van der Waals surface area contributed by atoms with Crippen molar-refractivity contribution in [2.24, 2.45) is 4.99 Å². The highest BCUT2D eigenvalue weighted by Crippen LogP contribution is 2.06. The Morgan fingerprint density at radius 1 is 1.75 bits per heavy atom. The molecule has 1 aromatic rings. The van der Waals surface area contributed by atoms with Gasteiger partial charge in [0.05, 0.1) is 5.75 Å². The number of rotatable bonds is 2. The number of amidine groups is 1. The van der Waals surface area contributed by atoms with Gasteiger partial charge >= 0.3 is 0 Å². The molecule has 2 N–H and O–H groups in total. The van der Waals surface area contributed by atoms with E-state index in [0.29, 0.717) is 11.6 Å². The molecular formula is C5H10N6S. The number of aromatic amines is 1. The highest BCUT2D eigenvalue weighted by Gasteiger charge is 2.00. The van der Waals surface area contributed by atoms with E-state index in [1.54, 1.807) is 7.05 Å². The molecule has 1 aromatic heterocycles. The average molecular weight is 186 g/mol. The summed E-state index contributed by atoms with van der Waals surface area (Å²) in [6.45, 7) is 0. The molecular weight excluding hydrogens is 176 g/mol. The quantitative estimate of drug-likeness (QED) is 0.487. The lowest BCUT2D eigenvalue weighted by atomic mass is 10.8. The van der Waals surface area contributed by atoms with Gasteiger partial charge in [0.15, 0.2) is 11.0 Å². The molecule has 0 amide bonds. The van der Waals surface area contributed by atoms with E-state index in [2.05, 4.69) is 30.9 Å². The number of aromatic nitrogens is 4. The van der Waals surface area contributed by atoms with E-state index >= 15 is 0 Å². The Kier molecular flexibility index (Phi) is 3.52. The van der Waals surface area contributed by atoms with Gasteiger partial charge in [0, 0.05) is 14.1 Å². The standard InChI is InChI=1S/C5H10N6S/c1-6-5(7-2)12-3-4-8-10-11-9-4/h3H2,1-2H3,(H,6,7)(H,8,9,10,11). The van der Waals surface area contributed by atoms with E-state index in [9.17, 15) is 0 Å². The number of nitrogens with one attached hydrogen (secondary N) is 2. The van der Waals surface area contributed by atoms with Crippen LogP contribution in [0.25, 0.3) is 0 Å². The molecule has 12 heavy (non-hydrogen) atoms. The molecule has 6 nitrogen and oxygen atoms in total. The summed E-state index contributed by atoms with van der Waals surface area (Å²) in [5.41, 5.74) is 0. The van der Waals surface area contributed by atoms with Gasteiger partial charge in [-0.05, 0) is 0 Å². The Balaban J connectivity index is 2.35. The molecule has 0 bridgehead atoms. The van der Waals surface area contributed by atoms with Crippen LogP contribution in [0.1, 0.15) is 5.82 Å². The van der Waals surface area contributed by atoms with Crippen LogP contribution in [0, 0.1) is 0 Å². The molecule has 0 spiro atoms. The van der Waals surface area contributed by atoms with Crippen molar-refractivity contribution in [2.75, 3.05) is 14.1 Å². The minimum Gasteiger partial charge on any atom is -0.368 e. The lowest BCUT2D eigenvalue weighted by molar-refractivity contribution is 0.881. The number of hydrogen-bond donors (Lipinski definition) is 2. The summed E-state index contributed by atoms with van der Waals surface area (Å²) >= 11 is 1.53. The highest BCUT2D eigenvalue weighted by molar-refractivity contribution is 8.13. The maximum absolute atomic E-state index is 3.99. The topological polar surface area (TPSA) is 78.9 Å². The zero-order chi connectivity index (χ0) is 8.81. The van der Waals surface area contributed by atoms with Gasteiger partial charge in [-0.3, -0.25) is 4.99 Å². The highest BCUT2D eigenvalue weighted by atomic mass is 32.2. The molecule has 1 heterocycles. The molecule has 0 saturated carbocycles. The smallest absolute Gasteiger partial charge is 0.184 e. The lowest BCUT2D eigenvalue weighted by Crippen LogP contribution is -2.14. The number of H-pyrrole nitrogens is 1. The van der Waals surface area contributed by atoms with Crippen molar-refractivity contribution in [1.82, 2.24) is 25.9 Å². The molecule has 0 aliphatic heterocycles. The maximum atomic E-state index is 3.99. The van der Waals surface area contributed by atoms with Gasteiger partial charge in [-0.2, -0.15) is 5.21 Å². The molecule has 0 aromatic carbocycles. The number of aliphatic imine (C=N–C) groups is 1.